The van der Waals surface area contributed by atoms with Crippen LogP contribution in [0.15, 0.2) is 34.9 Å². The fourth-order valence-corrected chi connectivity index (χ4v) is 2.44. The molecule has 1 aliphatic heterocycles. The number of halogens is 1. The third-order valence-electron chi connectivity index (χ3n) is 3.27. The number of H-pyrrole nitrogens is 1. The molecule has 0 aliphatic carbocycles. The minimum Gasteiger partial charge on any atom is -0.395 e. The van der Waals surface area contributed by atoms with E-state index in [0.29, 0.717) is 13.2 Å². The SMILES string of the molecule is OCC1(c2ncc(-c3cccc(Br)c3)[nH]2)COC1. The summed E-state index contributed by atoms with van der Waals surface area (Å²) in [5, 5.41) is 9.47. The van der Waals surface area contributed by atoms with Gasteiger partial charge in [-0.1, -0.05) is 28.1 Å². The summed E-state index contributed by atoms with van der Waals surface area (Å²) in [7, 11) is 0. The molecule has 3 rings (SSSR count). The predicted octanol–water partition coefficient (Wildman–Crippen LogP) is 2.10. The lowest BCUT2D eigenvalue weighted by Gasteiger charge is -2.37. The number of hydrogen-bond donors (Lipinski definition) is 2. The number of hydrogen-bond acceptors (Lipinski definition) is 3. The van der Waals surface area contributed by atoms with E-state index in [9.17, 15) is 5.11 Å². The van der Waals surface area contributed by atoms with Crippen LogP contribution in [0.1, 0.15) is 5.82 Å². The van der Waals surface area contributed by atoms with Gasteiger partial charge in [-0.15, -0.1) is 0 Å². The van der Waals surface area contributed by atoms with Gasteiger partial charge in [0.25, 0.3) is 0 Å². The molecule has 1 aromatic heterocycles. The summed E-state index contributed by atoms with van der Waals surface area (Å²) in [5.41, 5.74) is 1.67. The van der Waals surface area contributed by atoms with Gasteiger partial charge in [0.15, 0.2) is 0 Å². The summed E-state index contributed by atoms with van der Waals surface area (Å²) in [5.74, 6) is 0.797. The molecule has 1 aliphatic rings. The first-order valence-corrected chi connectivity index (χ1v) is 6.53. The molecule has 1 aromatic carbocycles. The lowest BCUT2D eigenvalue weighted by atomic mass is 9.86. The molecule has 0 amide bonds. The van der Waals surface area contributed by atoms with Gasteiger partial charge in [0.1, 0.15) is 5.82 Å². The number of nitrogens with zero attached hydrogens (tertiary/aromatic N) is 1. The number of ether oxygens (including phenoxy) is 1. The minimum absolute atomic E-state index is 0.0540. The molecule has 0 unspecified atom stereocenters. The first-order valence-electron chi connectivity index (χ1n) is 5.74. The van der Waals surface area contributed by atoms with Crippen LogP contribution in [0.4, 0.5) is 0 Å². The maximum absolute atomic E-state index is 9.47. The Hall–Kier alpha value is -1.17. The highest BCUT2D eigenvalue weighted by Gasteiger charge is 2.42. The topological polar surface area (TPSA) is 58.1 Å². The second-order valence-electron chi connectivity index (χ2n) is 4.59. The monoisotopic (exact) mass is 308 g/mol. The van der Waals surface area contributed by atoms with Gasteiger partial charge in [0, 0.05) is 10.0 Å². The van der Waals surface area contributed by atoms with Gasteiger partial charge in [-0.2, -0.15) is 0 Å². The van der Waals surface area contributed by atoms with Crippen LogP contribution in [0.3, 0.4) is 0 Å². The van der Waals surface area contributed by atoms with Crippen molar-refractivity contribution >= 4 is 15.9 Å². The maximum Gasteiger partial charge on any atom is 0.119 e. The van der Waals surface area contributed by atoms with E-state index in [0.717, 1.165) is 21.6 Å². The fraction of sp³-hybridized carbons (Fsp3) is 0.308. The van der Waals surface area contributed by atoms with E-state index in [1.807, 2.05) is 24.3 Å². The molecule has 5 heteroatoms. The van der Waals surface area contributed by atoms with Crippen LogP contribution in [-0.2, 0) is 10.2 Å². The molecule has 0 bridgehead atoms. The lowest BCUT2D eigenvalue weighted by molar-refractivity contribution is -0.0880. The Labute approximate surface area is 113 Å². The van der Waals surface area contributed by atoms with E-state index >= 15 is 0 Å². The Kier molecular flexibility index (Phi) is 2.97. The van der Waals surface area contributed by atoms with Crippen molar-refractivity contribution in [2.75, 3.05) is 19.8 Å². The van der Waals surface area contributed by atoms with E-state index in [2.05, 4.69) is 25.9 Å². The van der Waals surface area contributed by atoms with Crippen molar-refractivity contribution in [3.63, 3.8) is 0 Å². The van der Waals surface area contributed by atoms with Crippen molar-refractivity contribution in [2.24, 2.45) is 0 Å². The van der Waals surface area contributed by atoms with Gasteiger partial charge >= 0.3 is 0 Å². The van der Waals surface area contributed by atoms with Crippen molar-refractivity contribution in [3.05, 3.63) is 40.8 Å². The van der Waals surface area contributed by atoms with E-state index in [1.165, 1.54) is 0 Å². The van der Waals surface area contributed by atoms with Crippen molar-refractivity contribution in [3.8, 4) is 11.3 Å². The number of aromatic amines is 1. The zero-order chi connectivity index (χ0) is 12.6. The molecule has 1 saturated heterocycles. The summed E-state index contributed by atoms with van der Waals surface area (Å²) in [4.78, 5) is 7.65. The normalized spacial score (nSPS) is 17.4. The average Bonchev–Trinajstić information content (AvgIpc) is 2.78. The molecule has 0 saturated carbocycles. The third kappa shape index (κ3) is 1.88. The number of aromatic nitrogens is 2. The Bertz CT molecular complexity index is 558. The van der Waals surface area contributed by atoms with E-state index in [-0.39, 0.29) is 12.0 Å². The third-order valence-corrected chi connectivity index (χ3v) is 3.77. The summed E-state index contributed by atoms with van der Waals surface area (Å²) in [6, 6.07) is 8.01. The number of nitrogens with one attached hydrogen (secondary N) is 1. The van der Waals surface area contributed by atoms with Crippen LogP contribution in [0.2, 0.25) is 0 Å². The highest BCUT2D eigenvalue weighted by Crippen LogP contribution is 2.31. The molecule has 4 nitrogen and oxygen atoms in total. The standard InChI is InChI=1S/C13H13BrN2O2/c14-10-3-1-2-9(4-10)11-5-15-12(16-11)13(6-17)7-18-8-13/h1-5,17H,6-8H2,(H,15,16). The molecule has 18 heavy (non-hydrogen) atoms. The van der Waals surface area contributed by atoms with Crippen LogP contribution in [-0.4, -0.2) is 34.9 Å². The molecular weight excluding hydrogens is 296 g/mol. The molecule has 2 N–H and O–H groups in total. The van der Waals surface area contributed by atoms with Crippen molar-refractivity contribution < 1.29 is 9.84 Å². The quantitative estimate of drug-likeness (QED) is 0.913. The van der Waals surface area contributed by atoms with Crippen LogP contribution >= 0.6 is 15.9 Å². The Balaban J connectivity index is 1.94. The molecule has 1 fully saturated rings. The van der Waals surface area contributed by atoms with E-state index in [4.69, 9.17) is 4.74 Å². The first kappa shape index (κ1) is 11.9. The molecule has 2 heterocycles. The fourth-order valence-electron chi connectivity index (χ4n) is 2.04. The summed E-state index contributed by atoms with van der Waals surface area (Å²) < 4.78 is 6.22. The summed E-state index contributed by atoms with van der Waals surface area (Å²) >= 11 is 3.45. The Morgan fingerprint density at radius 2 is 2.28 bits per heavy atom. The summed E-state index contributed by atoms with van der Waals surface area (Å²) in [6.07, 6.45) is 1.80. The van der Waals surface area contributed by atoms with E-state index in [1.54, 1.807) is 6.20 Å². The van der Waals surface area contributed by atoms with Gasteiger partial charge in [-0.05, 0) is 12.1 Å². The van der Waals surface area contributed by atoms with Gasteiger partial charge in [0.05, 0.1) is 37.1 Å². The number of aliphatic hydroxyl groups excluding tert-OH is 1. The molecular formula is C13H13BrN2O2. The average molecular weight is 309 g/mol. The van der Waals surface area contributed by atoms with Crippen LogP contribution in [0.5, 0.6) is 0 Å². The van der Waals surface area contributed by atoms with Gasteiger partial charge < -0.3 is 14.8 Å². The lowest BCUT2D eigenvalue weighted by Crippen LogP contribution is -2.50. The van der Waals surface area contributed by atoms with E-state index < -0.39 is 0 Å². The van der Waals surface area contributed by atoms with Crippen LogP contribution in [0.25, 0.3) is 11.3 Å². The number of aliphatic hydroxyl groups is 1. The molecule has 0 spiro atoms. The first-order chi connectivity index (χ1) is 8.73. The van der Waals surface area contributed by atoms with Gasteiger partial charge in [-0.25, -0.2) is 4.98 Å². The van der Waals surface area contributed by atoms with Gasteiger partial charge in [0.2, 0.25) is 0 Å². The van der Waals surface area contributed by atoms with Crippen molar-refractivity contribution in [1.29, 1.82) is 0 Å². The second-order valence-corrected chi connectivity index (χ2v) is 5.50. The van der Waals surface area contributed by atoms with Gasteiger partial charge in [-0.3, -0.25) is 0 Å². The number of rotatable bonds is 3. The smallest absolute Gasteiger partial charge is 0.119 e. The molecule has 0 radical (unpaired) electrons. The zero-order valence-electron chi connectivity index (χ0n) is 9.69. The molecule has 94 valence electrons. The van der Waals surface area contributed by atoms with Crippen molar-refractivity contribution in [2.45, 2.75) is 5.41 Å². The zero-order valence-corrected chi connectivity index (χ0v) is 11.3. The number of imidazole rings is 1. The second kappa shape index (κ2) is 4.50. The van der Waals surface area contributed by atoms with Crippen molar-refractivity contribution in [1.82, 2.24) is 9.97 Å². The predicted molar refractivity (Wildman–Crippen MR) is 71.3 cm³/mol. The van der Waals surface area contributed by atoms with Crippen LogP contribution in [0, 0.1) is 0 Å². The highest BCUT2D eigenvalue weighted by molar-refractivity contribution is 9.10. The Morgan fingerprint density at radius 1 is 1.44 bits per heavy atom. The Morgan fingerprint density at radius 3 is 2.89 bits per heavy atom. The molecule has 0 atom stereocenters. The summed E-state index contributed by atoms with van der Waals surface area (Å²) in [6.45, 7) is 1.10. The minimum atomic E-state index is -0.343. The number of benzene rings is 1. The molecule has 2 aromatic rings. The maximum atomic E-state index is 9.47. The van der Waals surface area contributed by atoms with Crippen LogP contribution < -0.4 is 0 Å². The largest absolute Gasteiger partial charge is 0.395 e. The highest BCUT2D eigenvalue weighted by atomic mass is 79.9.